The third-order valence-electron chi connectivity index (χ3n) is 6.33. The molecule has 35 heavy (non-hydrogen) atoms. The van der Waals surface area contributed by atoms with E-state index in [4.69, 9.17) is 9.26 Å². The van der Waals surface area contributed by atoms with E-state index in [0.29, 0.717) is 42.7 Å². The van der Waals surface area contributed by atoms with Crippen LogP contribution in [0.5, 0.6) is 5.75 Å². The first-order valence-electron chi connectivity index (χ1n) is 11.7. The SMILES string of the molecule is O=C(COc1ccccc1)N1CCCC[C@@H]1c1nc(-c2ccc(N3CCS(=O)(=O)CC3)nc2)no1. The molecule has 0 saturated carbocycles. The van der Waals surface area contributed by atoms with E-state index in [1.54, 1.807) is 11.1 Å². The van der Waals surface area contributed by atoms with Gasteiger partial charge in [0.2, 0.25) is 11.7 Å². The molecule has 11 heteroatoms. The molecule has 0 aliphatic carbocycles. The molecule has 4 heterocycles. The summed E-state index contributed by atoms with van der Waals surface area (Å²) >= 11 is 0. The van der Waals surface area contributed by atoms with Crippen molar-refractivity contribution in [3.8, 4) is 17.1 Å². The van der Waals surface area contributed by atoms with Gasteiger partial charge in [-0.05, 0) is 43.5 Å². The number of carbonyl (C=O) groups excluding carboxylic acids is 1. The molecule has 2 aromatic heterocycles. The second-order valence-electron chi connectivity index (χ2n) is 8.70. The molecule has 1 atom stereocenters. The van der Waals surface area contributed by atoms with Gasteiger partial charge in [0, 0.05) is 31.4 Å². The van der Waals surface area contributed by atoms with Gasteiger partial charge in [0.25, 0.3) is 5.91 Å². The Morgan fingerprint density at radius 3 is 2.60 bits per heavy atom. The maximum absolute atomic E-state index is 12.9. The van der Waals surface area contributed by atoms with Crippen LogP contribution in [0, 0.1) is 0 Å². The van der Waals surface area contributed by atoms with Gasteiger partial charge in [-0.1, -0.05) is 23.4 Å². The molecule has 1 aromatic carbocycles. The molecule has 2 aliphatic heterocycles. The minimum absolute atomic E-state index is 0.0509. The highest BCUT2D eigenvalue weighted by atomic mass is 32.2. The van der Waals surface area contributed by atoms with Crippen LogP contribution in [0.2, 0.25) is 0 Å². The average Bonchev–Trinajstić information content (AvgIpc) is 3.38. The van der Waals surface area contributed by atoms with Gasteiger partial charge in [-0.25, -0.2) is 13.4 Å². The smallest absolute Gasteiger partial charge is 0.261 e. The third kappa shape index (κ3) is 5.45. The Kier molecular flexibility index (Phi) is 6.67. The lowest BCUT2D eigenvalue weighted by Crippen LogP contribution is -2.41. The fourth-order valence-corrected chi connectivity index (χ4v) is 5.57. The first-order valence-corrected chi connectivity index (χ1v) is 13.5. The number of benzene rings is 1. The van der Waals surface area contributed by atoms with Gasteiger partial charge >= 0.3 is 0 Å². The van der Waals surface area contributed by atoms with Crippen LogP contribution in [-0.4, -0.2) is 72.1 Å². The topological polar surface area (TPSA) is 119 Å². The number of anilines is 1. The van der Waals surface area contributed by atoms with Crippen LogP contribution in [0.4, 0.5) is 5.82 Å². The number of likely N-dealkylation sites (tertiary alicyclic amines) is 1. The number of pyridine rings is 1. The number of carbonyl (C=O) groups is 1. The molecule has 2 aliphatic rings. The van der Waals surface area contributed by atoms with Crippen LogP contribution < -0.4 is 9.64 Å². The van der Waals surface area contributed by atoms with Gasteiger partial charge in [-0.3, -0.25) is 4.79 Å². The van der Waals surface area contributed by atoms with Crippen molar-refractivity contribution < 1.29 is 22.5 Å². The highest BCUT2D eigenvalue weighted by Gasteiger charge is 2.32. The van der Waals surface area contributed by atoms with Crippen LogP contribution in [0.3, 0.4) is 0 Å². The van der Waals surface area contributed by atoms with Crippen molar-refractivity contribution in [3.05, 3.63) is 54.6 Å². The van der Waals surface area contributed by atoms with E-state index in [-0.39, 0.29) is 30.1 Å². The highest BCUT2D eigenvalue weighted by Crippen LogP contribution is 2.31. The summed E-state index contributed by atoms with van der Waals surface area (Å²) in [5.74, 6) is 2.33. The molecular weight excluding hydrogens is 470 g/mol. The molecular formula is C24H27N5O5S. The summed E-state index contributed by atoms with van der Waals surface area (Å²) in [5.41, 5.74) is 0.689. The number of nitrogens with zero attached hydrogens (tertiary/aromatic N) is 5. The molecule has 0 N–H and O–H groups in total. The van der Waals surface area contributed by atoms with Crippen LogP contribution in [0.15, 0.2) is 53.2 Å². The normalized spacial score (nSPS) is 19.9. The van der Waals surface area contributed by atoms with E-state index in [2.05, 4.69) is 15.1 Å². The Hall–Kier alpha value is -3.47. The Morgan fingerprint density at radius 1 is 1.06 bits per heavy atom. The maximum atomic E-state index is 12.9. The van der Waals surface area contributed by atoms with E-state index >= 15 is 0 Å². The quantitative estimate of drug-likeness (QED) is 0.506. The van der Waals surface area contributed by atoms with Crippen molar-refractivity contribution >= 4 is 21.6 Å². The zero-order valence-corrected chi connectivity index (χ0v) is 20.1. The molecule has 0 spiro atoms. The minimum atomic E-state index is -2.95. The summed E-state index contributed by atoms with van der Waals surface area (Å²) in [6.45, 7) is 1.42. The average molecular weight is 498 g/mol. The summed E-state index contributed by atoms with van der Waals surface area (Å²) in [6.07, 6.45) is 4.28. The summed E-state index contributed by atoms with van der Waals surface area (Å²) in [6, 6.07) is 12.6. The van der Waals surface area contributed by atoms with E-state index in [0.717, 1.165) is 25.1 Å². The Balaban J connectivity index is 1.25. The van der Waals surface area contributed by atoms with E-state index in [9.17, 15) is 13.2 Å². The van der Waals surface area contributed by atoms with Crippen molar-refractivity contribution in [2.75, 3.05) is 42.6 Å². The number of amides is 1. The number of ether oxygens (including phenoxy) is 1. The highest BCUT2D eigenvalue weighted by molar-refractivity contribution is 7.91. The summed E-state index contributed by atoms with van der Waals surface area (Å²) in [7, 11) is -2.95. The number of hydrogen-bond acceptors (Lipinski definition) is 9. The second-order valence-corrected chi connectivity index (χ2v) is 11.0. The van der Waals surface area contributed by atoms with Crippen molar-refractivity contribution in [2.45, 2.75) is 25.3 Å². The molecule has 5 rings (SSSR count). The Labute approximate surface area is 203 Å². The molecule has 3 aromatic rings. The largest absolute Gasteiger partial charge is 0.484 e. The first kappa shape index (κ1) is 23.3. The zero-order valence-electron chi connectivity index (χ0n) is 19.2. The number of piperidine rings is 1. The number of rotatable bonds is 6. The molecule has 10 nitrogen and oxygen atoms in total. The molecule has 0 bridgehead atoms. The summed E-state index contributed by atoms with van der Waals surface area (Å²) < 4.78 is 34.5. The van der Waals surface area contributed by atoms with Crippen molar-refractivity contribution in [2.24, 2.45) is 0 Å². The van der Waals surface area contributed by atoms with Gasteiger partial charge in [-0.2, -0.15) is 4.98 Å². The number of para-hydroxylation sites is 1. The van der Waals surface area contributed by atoms with Crippen LogP contribution in [-0.2, 0) is 14.6 Å². The van der Waals surface area contributed by atoms with Crippen LogP contribution >= 0.6 is 0 Å². The van der Waals surface area contributed by atoms with Crippen LogP contribution in [0.25, 0.3) is 11.4 Å². The van der Waals surface area contributed by atoms with E-state index in [1.807, 2.05) is 47.4 Å². The molecule has 0 radical (unpaired) electrons. The lowest BCUT2D eigenvalue weighted by Gasteiger charge is -2.33. The fraction of sp³-hybridized carbons (Fsp3) is 0.417. The predicted octanol–water partition coefficient (Wildman–Crippen LogP) is 2.50. The second kappa shape index (κ2) is 10.0. The molecule has 2 saturated heterocycles. The first-order chi connectivity index (χ1) is 17.0. The standard InChI is InChI=1S/C24H27N5O5S/c30-22(17-33-19-6-2-1-3-7-19)29-11-5-4-8-20(29)24-26-23(27-34-24)18-9-10-21(25-16-18)28-12-14-35(31,32)15-13-28/h1-3,6-7,9-10,16,20H,4-5,8,11-15,17H2/t20-/m1/s1. The predicted molar refractivity (Wildman–Crippen MR) is 129 cm³/mol. The fourth-order valence-electron chi connectivity index (χ4n) is 4.37. The summed E-state index contributed by atoms with van der Waals surface area (Å²) in [4.78, 5) is 25.7. The molecule has 184 valence electrons. The molecule has 0 unspecified atom stereocenters. The Morgan fingerprint density at radius 2 is 1.86 bits per heavy atom. The lowest BCUT2D eigenvalue weighted by molar-refractivity contribution is -0.138. The van der Waals surface area contributed by atoms with Gasteiger partial charge in [0.15, 0.2) is 16.4 Å². The van der Waals surface area contributed by atoms with Crippen molar-refractivity contribution in [3.63, 3.8) is 0 Å². The summed E-state index contributed by atoms with van der Waals surface area (Å²) in [5, 5.41) is 4.12. The number of hydrogen-bond donors (Lipinski definition) is 0. The van der Waals surface area contributed by atoms with Gasteiger partial charge < -0.3 is 19.1 Å². The molecule has 2 fully saturated rings. The van der Waals surface area contributed by atoms with Crippen molar-refractivity contribution in [1.82, 2.24) is 20.0 Å². The monoisotopic (exact) mass is 497 g/mol. The van der Waals surface area contributed by atoms with Gasteiger partial charge in [0.1, 0.15) is 17.6 Å². The van der Waals surface area contributed by atoms with Gasteiger partial charge in [-0.15, -0.1) is 0 Å². The van der Waals surface area contributed by atoms with Crippen LogP contribution in [0.1, 0.15) is 31.2 Å². The minimum Gasteiger partial charge on any atom is -0.484 e. The maximum Gasteiger partial charge on any atom is 0.261 e. The number of aromatic nitrogens is 3. The van der Waals surface area contributed by atoms with E-state index < -0.39 is 9.84 Å². The van der Waals surface area contributed by atoms with E-state index in [1.165, 1.54) is 0 Å². The zero-order chi connectivity index (χ0) is 24.3. The Bertz CT molecular complexity index is 1250. The van der Waals surface area contributed by atoms with Crippen molar-refractivity contribution in [1.29, 1.82) is 0 Å². The number of sulfone groups is 1. The lowest BCUT2D eigenvalue weighted by atomic mass is 10.0. The molecule has 1 amide bonds. The van der Waals surface area contributed by atoms with Gasteiger partial charge in [0.05, 0.1) is 11.5 Å². The third-order valence-corrected chi connectivity index (χ3v) is 7.94.